The second-order valence-electron chi connectivity index (χ2n) is 6.36. The Balaban J connectivity index is 1.47. The van der Waals surface area contributed by atoms with Gasteiger partial charge in [0.15, 0.2) is 0 Å². The van der Waals surface area contributed by atoms with Gasteiger partial charge in [-0.05, 0) is 24.6 Å². The van der Waals surface area contributed by atoms with Crippen molar-refractivity contribution in [1.29, 1.82) is 0 Å². The Morgan fingerprint density at radius 2 is 1.92 bits per heavy atom. The first-order valence-electron chi connectivity index (χ1n) is 8.52. The Hall–Kier alpha value is -1.67. The molecule has 1 aliphatic heterocycles. The molecule has 1 amide bonds. The van der Waals surface area contributed by atoms with Crippen molar-refractivity contribution in [2.75, 3.05) is 24.5 Å². The molecular formula is C19H24N4OS2. The van der Waals surface area contributed by atoms with Crippen LogP contribution in [-0.2, 0) is 11.3 Å². The molecule has 1 aliphatic rings. The standard InChI is InChI=1S/C19H24N4OS2/c1-15-7-9-17(10-8-15)20-21-18(24)12-22-13-23(19(25)26-14-22)11-16-5-3-2-4-6-16/h2-10,19-20,25H,11-14H2,1H3,(H,21,24). The van der Waals surface area contributed by atoms with E-state index in [-0.39, 0.29) is 10.6 Å². The first-order chi connectivity index (χ1) is 12.6. The van der Waals surface area contributed by atoms with Crippen LogP contribution in [0, 0.1) is 6.92 Å². The molecule has 7 heteroatoms. The van der Waals surface area contributed by atoms with E-state index in [1.54, 1.807) is 11.8 Å². The predicted octanol–water partition coefficient (Wildman–Crippen LogP) is 3.12. The number of aryl methyl sites for hydroxylation is 1. The number of benzene rings is 2. The van der Waals surface area contributed by atoms with Crippen molar-refractivity contribution in [2.45, 2.75) is 18.2 Å². The van der Waals surface area contributed by atoms with E-state index in [0.717, 1.165) is 18.1 Å². The summed E-state index contributed by atoms with van der Waals surface area (Å²) in [7, 11) is 0. The molecule has 1 saturated heterocycles. The largest absolute Gasteiger partial charge is 0.299 e. The molecule has 0 radical (unpaired) electrons. The van der Waals surface area contributed by atoms with E-state index in [9.17, 15) is 4.79 Å². The summed E-state index contributed by atoms with van der Waals surface area (Å²) in [5, 5.41) is 0. The lowest BCUT2D eigenvalue weighted by atomic mass is 10.2. The summed E-state index contributed by atoms with van der Waals surface area (Å²) < 4.78 is 0.139. The van der Waals surface area contributed by atoms with Gasteiger partial charge in [-0.3, -0.25) is 25.4 Å². The van der Waals surface area contributed by atoms with E-state index in [1.165, 1.54) is 11.1 Å². The van der Waals surface area contributed by atoms with E-state index in [2.05, 4.69) is 45.4 Å². The quantitative estimate of drug-likeness (QED) is 0.524. The topological polar surface area (TPSA) is 47.6 Å². The van der Waals surface area contributed by atoms with Crippen molar-refractivity contribution in [2.24, 2.45) is 0 Å². The number of carbonyl (C=O) groups excluding carboxylic acids is 1. The molecule has 0 aromatic heterocycles. The highest BCUT2D eigenvalue weighted by molar-refractivity contribution is 8.10. The highest BCUT2D eigenvalue weighted by atomic mass is 32.2. The molecule has 1 atom stereocenters. The zero-order chi connectivity index (χ0) is 18.4. The van der Waals surface area contributed by atoms with Gasteiger partial charge < -0.3 is 0 Å². The smallest absolute Gasteiger partial charge is 0.252 e. The van der Waals surface area contributed by atoms with Gasteiger partial charge in [0.25, 0.3) is 5.91 Å². The monoisotopic (exact) mass is 388 g/mol. The van der Waals surface area contributed by atoms with Gasteiger partial charge in [-0.2, -0.15) is 0 Å². The summed E-state index contributed by atoms with van der Waals surface area (Å²) in [4.78, 5) is 16.6. The Bertz CT molecular complexity index is 711. The van der Waals surface area contributed by atoms with Gasteiger partial charge >= 0.3 is 0 Å². The Morgan fingerprint density at radius 1 is 1.19 bits per heavy atom. The highest BCUT2D eigenvalue weighted by Crippen LogP contribution is 2.27. The molecule has 1 heterocycles. The van der Waals surface area contributed by atoms with Crippen LogP contribution in [0.25, 0.3) is 0 Å². The van der Waals surface area contributed by atoms with E-state index < -0.39 is 0 Å². The normalized spacial score (nSPS) is 18.5. The summed E-state index contributed by atoms with van der Waals surface area (Å²) in [5.74, 6) is 0.737. The van der Waals surface area contributed by atoms with Crippen LogP contribution in [0.3, 0.4) is 0 Å². The summed E-state index contributed by atoms with van der Waals surface area (Å²) in [5.41, 5.74) is 9.03. The molecule has 138 valence electrons. The molecule has 0 bridgehead atoms. The van der Waals surface area contributed by atoms with E-state index in [0.29, 0.717) is 13.2 Å². The molecule has 5 nitrogen and oxygen atoms in total. The van der Waals surface area contributed by atoms with Gasteiger partial charge in [0.1, 0.15) is 4.71 Å². The molecule has 2 aromatic rings. The molecule has 0 aliphatic carbocycles. The number of thioether (sulfide) groups is 1. The van der Waals surface area contributed by atoms with Gasteiger partial charge in [-0.25, -0.2) is 0 Å². The second-order valence-corrected chi connectivity index (χ2v) is 8.24. The zero-order valence-electron chi connectivity index (χ0n) is 14.8. The summed E-state index contributed by atoms with van der Waals surface area (Å²) >= 11 is 6.39. The minimum absolute atomic E-state index is 0.0524. The van der Waals surface area contributed by atoms with Crippen molar-refractivity contribution in [3.05, 3.63) is 65.7 Å². The first-order valence-corrected chi connectivity index (χ1v) is 10.1. The lowest BCUT2D eigenvalue weighted by molar-refractivity contribution is -0.122. The SMILES string of the molecule is Cc1ccc(NNC(=O)CN2CSC(S)N(Cc3ccccc3)C2)cc1. The second kappa shape index (κ2) is 9.32. The fourth-order valence-electron chi connectivity index (χ4n) is 2.71. The summed E-state index contributed by atoms with van der Waals surface area (Å²) in [6, 6.07) is 18.2. The first kappa shape index (κ1) is 19.1. The van der Waals surface area contributed by atoms with E-state index in [1.807, 2.05) is 49.4 Å². The number of hydrogen-bond acceptors (Lipinski definition) is 6. The maximum Gasteiger partial charge on any atom is 0.252 e. The van der Waals surface area contributed by atoms with Crippen LogP contribution in [-0.4, -0.2) is 39.5 Å². The molecule has 1 fully saturated rings. The number of thiol groups is 1. The molecular weight excluding hydrogens is 364 g/mol. The van der Waals surface area contributed by atoms with Crippen molar-refractivity contribution in [3.8, 4) is 0 Å². The number of rotatable bonds is 6. The molecule has 26 heavy (non-hydrogen) atoms. The Kier molecular flexibility index (Phi) is 6.85. The number of hydrazine groups is 1. The minimum atomic E-state index is -0.0524. The fourth-order valence-corrected chi connectivity index (χ4v) is 3.93. The predicted molar refractivity (Wildman–Crippen MR) is 112 cm³/mol. The van der Waals surface area contributed by atoms with Gasteiger partial charge in [0.05, 0.1) is 18.9 Å². The van der Waals surface area contributed by atoms with Crippen molar-refractivity contribution < 1.29 is 4.79 Å². The summed E-state index contributed by atoms with van der Waals surface area (Å²) in [6.07, 6.45) is 0. The van der Waals surface area contributed by atoms with Gasteiger partial charge in [-0.15, -0.1) is 24.4 Å². The average molecular weight is 389 g/mol. The third-order valence-electron chi connectivity index (χ3n) is 4.09. The molecule has 2 aromatic carbocycles. The summed E-state index contributed by atoms with van der Waals surface area (Å²) in [6.45, 7) is 3.92. The average Bonchev–Trinajstić information content (AvgIpc) is 2.65. The maximum absolute atomic E-state index is 12.2. The molecule has 3 rings (SSSR count). The van der Waals surface area contributed by atoms with Crippen LogP contribution < -0.4 is 10.9 Å². The number of nitrogens with zero attached hydrogens (tertiary/aromatic N) is 2. The van der Waals surface area contributed by atoms with Crippen LogP contribution >= 0.6 is 24.4 Å². The Morgan fingerprint density at radius 3 is 2.65 bits per heavy atom. The number of nitrogens with one attached hydrogen (secondary N) is 2. The van der Waals surface area contributed by atoms with Crippen molar-refractivity contribution in [3.63, 3.8) is 0 Å². The highest BCUT2D eigenvalue weighted by Gasteiger charge is 2.26. The third kappa shape index (κ3) is 5.67. The molecule has 0 saturated carbocycles. The van der Waals surface area contributed by atoms with E-state index in [4.69, 9.17) is 0 Å². The molecule has 0 spiro atoms. The van der Waals surface area contributed by atoms with Crippen molar-refractivity contribution in [1.82, 2.24) is 15.2 Å². The number of amides is 1. The van der Waals surface area contributed by atoms with Gasteiger partial charge in [0, 0.05) is 12.4 Å². The van der Waals surface area contributed by atoms with Crippen LogP contribution in [0.2, 0.25) is 0 Å². The fraction of sp³-hybridized carbons (Fsp3) is 0.316. The number of hydrogen-bond donors (Lipinski definition) is 3. The number of anilines is 1. The van der Waals surface area contributed by atoms with Crippen molar-refractivity contribution >= 4 is 36.0 Å². The molecule has 1 unspecified atom stereocenters. The molecule has 2 N–H and O–H groups in total. The van der Waals surface area contributed by atoms with Crippen LogP contribution in [0.15, 0.2) is 54.6 Å². The van der Waals surface area contributed by atoms with Crippen LogP contribution in [0.5, 0.6) is 0 Å². The maximum atomic E-state index is 12.2. The minimum Gasteiger partial charge on any atom is -0.299 e. The van der Waals surface area contributed by atoms with Gasteiger partial charge in [-0.1, -0.05) is 48.0 Å². The lowest BCUT2D eigenvalue weighted by Crippen LogP contribution is -2.49. The van der Waals surface area contributed by atoms with E-state index >= 15 is 0 Å². The third-order valence-corrected chi connectivity index (χ3v) is 5.98. The lowest BCUT2D eigenvalue weighted by Gasteiger charge is -2.38. The Labute approximate surface area is 164 Å². The van der Waals surface area contributed by atoms with Gasteiger partial charge in [0.2, 0.25) is 0 Å². The van der Waals surface area contributed by atoms with Crippen LogP contribution in [0.4, 0.5) is 5.69 Å². The zero-order valence-corrected chi connectivity index (χ0v) is 16.5. The number of carbonyl (C=O) groups is 1. The van der Waals surface area contributed by atoms with Crippen LogP contribution in [0.1, 0.15) is 11.1 Å².